The van der Waals surface area contributed by atoms with Gasteiger partial charge in [-0.25, -0.2) is 4.39 Å². The molecule has 0 saturated heterocycles. The van der Waals surface area contributed by atoms with Crippen LogP contribution in [0, 0.1) is 5.82 Å². The minimum absolute atomic E-state index is 0.245. The van der Waals surface area contributed by atoms with E-state index in [1.807, 2.05) is 18.2 Å². The second-order valence-corrected chi connectivity index (χ2v) is 8.57. The number of furan rings is 1. The lowest BCUT2D eigenvalue weighted by molar-refractivity contribution is -0.274. The highest BCUT2D eigenvalue weighted by molar-refractivity contribution is 5.90. The van der Waals surface area contributed by atoms with Crippen molar-refractivity contribution >= 4 is 16.5 Å². The van der Waals surface area contributed by atoms with Gasteiger partial charge in [-0.15, -0.1) is 13.2 Å². The lowest BCUT2D eigenvalue weighted by Crippen LogP contribution is -2.28. The van der Waals surface area contributed by atoms with Crippen LogP contribution >= 0.6 is 0 Å². The predicted molar refractivity (Wildman–Crippen MR) is 129 cm³/mol. The minimum Gasteiger partial charge on any atom is -0.493 e. The van der Waals surface area contributed by atoms with Gasteiger partial charge in [0.25, 0.3) is 0 Å². The van der Waals surface area contributed by atoms with Gasteiger partial charge < -0.3 is 13.9 Å². The van der Waals surface area contributed by atoms with Gasteiger partial charge in [-0.2, -0.15) is 0 Å². The van der Waals surface area contributed by atoms with Crippen LogP contribution in [-0.2, 0) is 6.54 Å². The number of hydrogen-bond acceptors (Lipinski definition) is 4. The van der Waals surface area contributed by atoms with Gasteiger partial charge in [0, 0.05) is 30.6 Å². The molecule has 0 amide bonds. The summed E-state index contributed by atoms with van der Waals surface area (Å²) in [5.74, 6) is 0.560. The summed E-state index contributed by atoms with van der Waals surface area (Å²) in [4.78, 5) is 2.31. The molecule has 0 fully saturated rings. The first-order valence-corrected chi connectivity index (χ1v) is 11.4. The number of halogens is 4. The largest absolute Gasteiger partial charge is 0.573 e. The minimum atomic E-state index is -4.74. The summed E-state index contributed by atoms with van der Waals surface area (Å²) in [6.45, 7) is 2.29. The van der Waals surface area contributed by atoms with Crippen molar-refractivity contribution in [2.45, 2.75) is 19.3 Å². The van der Waals surface area contributed by atoms with Crippen LogP contribution in [0.15, 0.2) is 77.2 Å². The maximum absolute atomic E-state index is 13.2. The van der Waals surface area contributed by atoms with E-state index >= 15 is 0 Å². The zero-order valence-corrected chi connectivity index (χ0v) is 19.4. The van der Waals surface area contributed by atoms with E-state index in [2.05, 4.69) is 15.7 Å². The molecule has 4 nitrogen and oxygen atoms in total. The second-order valence-electron chi connectivity index (χ2n) is 8.57. The molecular formula is C28H23F4NO3. The van der Waals surface area contributed by atoms with Crippen molar-refractivity contribution in [1.82, 2.24) is 4.90 Å². The summed E-state index contributed by atoms with van der Waals surface area (Å²) in [7, 11) is 1.56. The molecule has 2 heterocycles. The molecular weight excluding hydrogens is 474 g/mol. The molecule has 186 valence electrons. The zero-order valence-electron chi connectivity index (χ0n) is 19.4. The third-order valence-corrected chi connectivity index (χ3v) is 6.23. The average molecular weight is 497 g/mol. The molecule has 0 bridgehead atoms. The smallest absolute Gasteiger partial charge is 0.493 e. The molecule has 1 aromatic heterocycles. The predicted octanol–water partition coefficient (Wildman–Crippen LogP) is 7.44. The van der Waals surface area contributed by atoms with E-state index < -0.39 is 6.36 Å². The van der Waals surface area contributed by atoms with Gasteiger partial charge in [-0.3, -0.25) is 4.90 Å². The van der Waals surface area contributed by atoms with Gasteiger partial charge in [0.2, 0.25) is 0 Å². The maximum Gasteiger partial charge on any atom is 0.573 e. The number of methoxy groups -OCH3 is 1. The third kappa shape index (κ3) is 5.23. The lowest BCUT2D eigenvalue weighted by atomic mass is 9.99. The summed E-state index contributed by atoms with van der Waals surface area (Å²) in [5.41, 5.74) is 4.50. The Labute approximate surface area is 205 Å². The molecule has 0 spiro atoms. The fourth-order valence-electron chi connectivity index (χ4n) is 4.44. The van der Waals surface area contributed by atoms with Crippen molar-refractivity contribution in [2.24, 2.45) is 0 Å². The van der Waals surface area contributed by atoms with Gasteiger partial charge in [0.15, 0.2) is 11.3 Å². The molecule has 3 aromatic carbocycles. The van der Waals surface area contributed by atoms with Crippen molar-refractivity contribution in [1.29, 1.82) is 0 Å². The molecule has 36 heavy (non-hydrogen) atoms. The number of alkyl halides is 3. The maximum atomic E-state index is 13.2. The Bertz CT molecular complexity index is 1390. The Balaban J connectivity index is 1.37. The van der Waals surface area contributed by atoms with E-state index in [1.54, 1.807) is 19.2 Å². The van der Waals surface area contributed by atoms with Gasteiger partial charge in [-0.1, -0.05) is 24.3 Å². The molecule has 1 aliphatic heterocycles. The molecule has 0 aliphatic carbocycles. The molecule has 1 aliphatic rings. The Morgan fingerprint density at radius 1 is 0.944 bits per heavy atom. The molecule has 0 unspecified atom stereocenters. The van der Waals surface area contributed by atoms with E-state index in [0.29, 0.717) is 29.2 Å². The van der Waals surface area contributed by atoms with Crippen LogP contribution in [0.25, 0.3) is 27.9 Å². The molecule has 8 heteroatoms. The summed E-state index contributed by atoms with van der Waals surface area (Å²) >= 11 is 0. The van der Waals surface area contributed by atoms with Crippen LogP contribution in [-0.4, -0.2) is 31.5 Å². The Hall–Kier alpha value is -3.78. The topological polar surface area (TPSA) is 34.8 Å². The number of nitrogens with zero attached hydrogens (tertiary/aromatic N) is 1. The van der Waals surface area contributed by atoms with Crippen molar-refractivity contribution in [3.63, 3.8) is 0 Å². The van der Waals surface area contributed by atoms with Crippen LogP contribution < -0.4 is 9.47 Å². The summed E-state index contributed by atoms with van der Waals surface area (Å²) in [6.07, 6.45) is -1.72. The van der Waals surface area contributed by atoms with Crippen molar-refractivity contribution in [2.75, 3.05) is 20.2 Å². The highest BCUT2D eigenvalue weighted by atomic mass is 19.4. The van der Waals surface area contributed by atoms with E-state index in [1.165, 1.54) is 42.0 Å². The normalized spacial score (nSPS) is 14.6. The molecule has 0 radical (unpaired) electrons. The van der Waals surface area contributed by atoms with Gasteiger partial charge >= 0.3 is 6.36 Å². The second kappa shape index (κ2) is 9.70. The third-order valence-electron chi connectivity index (χ3n) is 6.23. The van der Waals surface area contributed by atoms with Gasteiger partial charge in [0.05, 0.1) is 7.11 Å². The highest BCUT2D eigenvalue weighted by Crippen LogP contribution is 2.37. The number of rotatable bonds is 6. The first kappa shape index (κ1) is 23.9. The lowest BCUT2D eigenvalue weighted by Gasteiger charge is -2.26. The molecule has 0 saturated carbocycles. The summed E-state index contributed by atoms with van der Waals surface area (Å²) < 4.78 is 66.2. The SMILES string of the molecule is COc1ccc(CN2CC=C(c3ccc(F)cc3)CC2)c2cc(-c3ccc(OC(F)(F)F)cc3)oc12. The van der Waals surface area contributed by atoms with Crippen LogP contribution in [0.1, 0.15) is 17.5 Å². The van der Waals surface area contributed by atoms with Gasteiger partial charge in [0.1, 0.15) is 17.3 Å². The van der Waals surface area contributed by atoms with Gasteiger partial charge in [-0.05, 0) is 71.7 Å². The first-order chi connectivity index (χ1) is 17.3. The highest BCUT2D eigenvalue weighted by Gasteiger charge is 2.31. The molecule has 4 aromatic rings. The van der Waals surface area contributed by atoms with Crippen molar-refractivity contribution in [3.8, 4) is 22.8 Å². The number of ether oxygens (including phenoxy) is 2. The van der Waals surface area contributed by atoms with Crippen LogP contribution in [0.3, 0.4) is 0 Å². The Morgan fingerprint density at radius 2 is 1.67 bits per heavy atom. The fourth-order valence-corrected chi connectivity index (χ4v) is 4.44. The summed E-state index contributed by atoms with van der Waals surface area (Å²) in [5, 5.41) is 0.883. The first-order valence-electron chi connectivity index (χ1n) is 11.4. The summed E-state index contributed by atoms with van der Waals surface area (Å²) in [6, 6.07) is 17.9. The quantitative estimate of drug-likeness (QED) is 0.260. The van der Waals surface area contributed by atoms with E-state index in [-0.39, 0.29) is 11.6 Å². The van der Waals surface area contributed by atoms with Crippen LogP contribution in [0.4, 0.5) is 17.6 Å². The molecule has 0 atom stereocenters. The standard InChI is InChI=1S/C28H23F4NO3/c1-34-25-11-6-21(17-33-14-12-19(13-15-33)18-2-7-22(29)8-3-18)24-16-26(35-27(24)25)20-4-9-23(10-5-20)36-28(30,31)32/h2-12,16H,13-15,17H2,1H3. The van der Waals surface area contributed by atoms with E-state index in [4.69, 9.17) is 9.15 Å². The Morgan fingerprint density at radius 3 is 2.31 bits per heavy atom. The average Bonchev–Trinajstić information content (AvgIpc) is 3.31. The van der Waals surface area contributed by atoms with Crippen molar-refractivity contribution in [3.05, 3.63) is 89.8 Å². The number of fused-ring (bicyclic) bond motifs is 1. The fraction of sp³-hybridized carbons (Fsp3) is 0.214. The monoisotopic (exact) mass is 497 g/mol. The number of benzene rings is 3. The zero-order chi connectivity index (χ0) is 25.3. The van der Waals surface area contributed by atoms with E-state index in [0.717, 1.165) is 36.0 Å². The Kier molecular flexibility index (Phi) is 6.45. The number of hydrogen-bond donors (Lipinski definition) is 0. The molecule has 5 rings (SSSR count). The van der Waals surface area contributed by atoms with Crippen molar-refractivity contribution < 1.29 is 31.5 Å². The molecule has 0 N–H and O–H groups in total. The van der Waals surface area contributed by atoms with Crippen LogP contribution in [0.5, 0.6) is 11.5 Å². The van der Waals surface area contributed by atoms with Crippen LogP contribution in [0.2, 0.25) is 0 Å². The van der Waals surface area contributed by atoms with E-state index in [9.17, 15) is 17.6 Å².